The third-order valence-electron chi connectivity index (χ3n) is 5.03. The van der Waals surface area contributed by atoms with Gasteiger partial charge in [0.1, 0.15) is 5.82 Å². The van der Waals surface area contributed by atoms with Crippen molar-refractivity contribution in [2.24, 2.45) is 0 Å². The summed E-state index contributed by atoms with van der Waals surface area (Å²) in [4.78, 5) is 19.8. The highest BCUT2D eigenvalue weighted by Gasteiger charge is 2.23. The number of aromatic nitrogens is 1. The molecule has 0 fully saturated rings. The molecular weight excluding hydrogens is 334 g/mol. The Hall–Kier alpha value is -3.14. The maximum absolute atomic E-state index is 13.0. The SMILES string of the molecule is Cc1ccc(NC(=O)c2cccnc2N2CCCc3ccccc32)c(C)c1. The average molecular weight is 357 g/mol. The van der Waals surface area contributed by atoms with Gasteiger partial charge in [0.2, 0.25) is 0 Å². The fourth-order valence-electron chi connectivity index (χ4n) is 3.69. The predicted molar refractivity (Wildman–Crippen MR) is 110 cm³/mol. The van der Waals surface area contributed by atoms with Crippen LogP contribution in [0.15, 0.2) is 60.8 Å². The Kier molecular flexibility index (Phi) is 4.63. The number of hydrogen-bond acceptors (Lipinski definition) is 3. The minimum atomic E-state index is -0.131. The number of fused-ring (bicyclic) bond motifs is 1. The lowest BCUT2D eigenvalue weighted by atomic mass is 10.0. The van der Waals surface area contributed by atoms with Crippen LogP contribution in [-0.4, -0.2) is 17.4 Å². The molecule has 0 bridgehead atoms. The molecule has 3 aromatic rings. The summed E-state index contributed by atoms with van der Waals surface area (Å²) in [5.74, 6) is 0.583. The van der Waals surface area contributed by atoms with E-state index in [1.165, 1.54) is 11.1 Å². The maximum atomic E-state index is 13.0. The van der Waals surface area contributed by atoms with Crippen molar-refractivity contribution < 1.29 is 4.79 Å². The summed E-state index contributed by atoms with van der Waals surface area (Å²) in [5.41, 5.74) is 6.10. The summed E-state index contributed by atoms with van der Waals surface area (Å²) >= 11 is 0. The Morgan fingerprint density at radius 2 is 1.93 bits per heavy atom. The second-order valence-electron chi connectivity index (χ2n) is 7.03. The first-order valence-corrected chi connectivity index (χ1v) is 9.32. The molecule has 4 rings (SSSR count). The molecule has 27 heavy (non-hydrogen) atoms. The van der Waals surface area contributed by atoms with E-state index in [0.29, 0.717) is 11.4 Å². The normalized spacial score (nSPS) is 13.2. The van der Waals surface area contributed by atoms with Crippen molar-refractivity contribution >= 4 is 23.1 Å². The Morgan fingerprint density at radius 3 is 2.78 bits per heavy atom. The first-order chi connectivity index (χ1) is 13.1. The van der Waals surface area contributed by atoms with E-state index in [4.69, 9.17) is 0 Å². The van der Waals surface area contributed by atoms with Crippen LogP contribution in [0, 0.1) is 13.8 Å². The fourth-order valence-corrected chi connectivity index (χ4v) is 3.69. The minimum Gasteiger partial charge on any atom is -0.325 e. The van der Waals surface area contributed by atoms with E-state index in [1.807, 2.05) is 44.2 Å². The van der Waals surface area contributed by atoms with E-state index >= 15 is 0 Å². The number of pyridine rings is 1. The van der Waals surface area contributed by atoms with Gasteiger partial charge < -0.3 is 10.2 Å². The van der Waals surface area contributed by atoms with Crippen LogP contribution in [0.1, 0.15) is 33.5 Å². The van der Waals surface area contributed by atoms with Crippen LogP contribution >= 0.6 is 0 Å². The monoisotopic (exact) mass is 357 g/mol. The van der Waals surface area contributed by atoms with Gasteiger partial charge in [-0.2, -0.15) is 0 Å². The molecule has 1 N–H and O–H groups in total. The van der Waals surface area contributed by atoms with Gasteiger partial charge in [0.15, 0.2) is 0 Å². The van der Waals surface area contributed by atoms with Gasteiger partial charge in [-0.3, -0.25) is 4.79 Å². The van der Waals surface area contributed by atoms with Gasteiger partial charge in [0.25, 0.3) is 5.91 Å². The summed E-state index contributed by atoms with van der Waals surface area (Å²) in [6.45, 7) is 4.91. The number of rotatable bonds is 3. The molecule has 2 aromatic carbocycles. The topological polar surface area (TPSA) is 45.2 Å². The summed E-state index contributed by atoms with van der Waals surface area (Å²) in [6, 6.07) is 18.1. The second kappa shape index (κ2) is 7.23. The van der Waals surface area contributed by atoms with Gasteiger partial charge in [-0.05, 0) is 62.1 Å². The van der Waals surface area contributed by atoms with Crippen LogP contribution in [0.5, 0.6) is 0 Å². The Balaban J connectivity index is 1.69. The third-order valence-corrected chi connectivity index (χ3v) is 5.03. The number of nitrogens with one attached hydrogen (secondary N) is 1. The molecule has 1 amide bonds. The number of hydrogen-bond donors (Lipinski definition) is 1. The standard InChI is InChI=1S/C23H23N3O/c1-16-11-12-20(17(2)15-16)25-23(27)19-9-5-13-24-22(19)26-14-6-8-18-7-3-4-10-21(18)26/h3-5,7,9-13,15H,6,8,14H2,1-2H3,(H,25,27). The molecule has 1 aliphatic rings. The lowest BCUT2D eigenvalue weighted by Crippen LogP contribution is -2.28. The quantitative estimate of drug-likeness (QED) is 0.715. The van der Waals surface area contributed by atoms with Gasteiger partial charge >= 0.3 is 0 Å². The summed E-state index contributed by atoms with van der Waals surface area (Å²) in [5, 5.41) is 3.05. The predicted octanol–water partition coefficient (Wildman–Crippen LogP) is 5.04. The number of para-hydroxylation sites is 1. The zero-order chi connectivity index (χ0) is 18.8. The van der Waals surface area contributed by atoms with Crippen molar-refractivity contribution in [1.82, 2.24) is 4.98 Å². The number of benzene rings is 2. The molecular formula is C23H23N3O. The highest BCUT2D eigenvalue weighted by molar-refractivity contribution is 6.08. The van der Waals surface area contributed by atoms with Gasteiger partial charge in [-0.1, -0.05) is 35.9 Å². The Labute approximate surface area is 159 Å². The van der Waals surface area contributed by atoms with Crippen LogP contribution in [0.3, 0.4) is 0 Å². The highest BCUT2D eigenvalue weighted by atomic mass is 16.1. The lowest BCUT2D eigenvalue weighted by molar-refractivity contribution is 0.102. The summed E-state index contributed by atoms with van der Waals surface area (Å²) in [7, 11) is 0. The molecule has 4 nitrogen and oxygen atoms in total. The zero-order valence-electron chi connectivity index (χ0n) is 15.7. The Bertz CT molecular complexity index is 996. The molecule has 0 saturated heterocycles. The minimum absolute atomic E-state index is 0.131. The van der Waals surface area contributed by atoms with Crippen molar-refractivity contribution in [3.05, 3.63) is 83.0 Å². The molecule has 0 spiro atoms. The Morgan fingerprint density at radius 1 is 1.07 bits per heavy atom. The molecule has 2 heterocycles. The molecule has 136 valence electrons. The summed E-state index contributed by atoms with van der Waals surface area (Å²) < 4.78 is 0. The molecule has 0 radical (unpaired) electrons. The smallest absolute Gasteiger partial charge is 0.259 e. The lowest BCUT2D eigenvalue weighted by Gasteiger charge is -2.31. The van der Waals surface area contributed by atoms with E-state index < -0.39 is 0 Å². The van der Waals surface area contributed by atoms with E-state index in [9.17, 15) is 4.79 Å². The number of nitrogens with zero attached hydrogens (tertiary/aromatic N) is 2. The molecule has 0 aliphatic carbocycles. The van der Waals surface area contributed by atoms with E-state index in [2.05, 4.69) is 39.5 Å². The number of carbonyl (C=O) groups excluding carboxylic acids is 1. The number of anilines is 3. The molecule has 1 aromatic heterocycles. The van der Waals surface area contributed by atoms with Gasteiger partial charge in [0, 0.05) is 24.1 Å². The van der Waals surface area contributed by atoms with Crippen LogP contribution in [0.2, 0.25) is 0 Å². The van der Waals surface area contributed by atoms with Crippen molar-refractivity contribution in [3.63, 3.8) is 0 Å². The number of carbonyl (C=O) groups is 1. The highest BCUT2D eigenvalue weighted by Crippen LogP contribution is 2.34. The first kappa shape index (κ1) is 17.3. The zero-order valence-corrected chi connectivity index (χ0v) is 15.7. The van der Waals surface area contributed by atoms with Crippen molar-refractivity contribution in [1.29, 1.82) is 0 Å². The van der Waals surface area contributed by atoms with Crippen LogP contribution < -0.4 is 10.2 Å². The van der Waals surface area contributed by atoms with Gasteiger partial charge in [0.05, 0.1) is 5.56 Å². The first-order valence-electron chi connectivity index (χ1n) is 9.32. The maximum Gasteiger partial charge on any atom is 0.259 e. The molecule has 4 heteroatoms. The number of amides is 1. The second-order valence-corrected chi connectivity index (χ2v) is 7.03. The van der Waals surface area contributed by atoms with E-state index in [0.717, 1.165) is 36.3 Å². The van der Waals surface area contributed by atoms with Crippen molar-refractivity contribution in [3.8, 4) is 0 Å². The van der Waals surface area contributed by atoms with Gasteiger partial charge in [-0.25, -0.2) is 4.98 Å². The average Bonchev–Trinajstić information content (AvgIpc) is 2.69. The molecule has 0 unspecified atom stereocenters. The number of aryl methyl sites for hydroxylation is 3. The van der Waals surface area contributed by atoms with Crippen LogP contribution in [0.4, 0.5) is 17.2 Å². The van der Waals surface area contributed by atoms with E-state index in [-0.39, 0.29) is 5.91 Å². The summed E-state index contributed by atoms with van der Waals surface area (Å²) in [6.07, 6.45) is 3.86. The van der Waals surface area contributed by atoms with Crippen LogP contribution in [0.25, 0.3) is 0 Å². The van der Waals surface area contributed by atoms with Crippen molar-refractivity contribution in [2.45, 2.75) is 26.7 Å². The largest absolute Gasteiger partial charge is 0.325 e. The molecule has 0 atom stereocenters. The molecule has 1 aliphatic heterocycles. The fraction of sp³-hybridized carbons (Fsp3) is 0.217. The van der Waals surface area contributed by atoms with Crippen molar-refractivity contribution in [2.75, 3.05) is 16.8 Å². The van der Waals surface area contributed by atoms with Crippen LogP contribution in [-0.2, 0) is 6.42 Å². The van der Waals surface area contributed by atoms with E-state index in [1.54, 1.807) is 6.20 Å². The molecule has 0 saturated carbocycles. The third kappa shape index (κ3) is 3.43. The van der Waals surface area contributed by atoms with Gasteiger partial charge in [-0.15, -0.1) is 0 Å².